The third-order valence-corrected chi connectivity index (χ3v) is 4.84. The van der Waals surface area contributed by atoms with Crippen molar-refractivity contribution in [2.45, 2.75) is 24.6 Å². The molecule has 0 aromatic carbocycles. The minimum atomic E-state index is -0.811. The van der Waals surface area contributed by atoms with Crippen molar-refractivity contribution in [3.8, 4) is 0 Å². The van der Waals surface area contributed by atoms with Gasteiger partial charge in [0, 0.05) is 6.61 Å². The Morgan fingerprint density at radius 1 is 1.33 bits per heavy atom. The van der Waals surface area contributed by atoms with Crippen LogP contribution < -0.4 is 0 Å². The molecule has 52 valence electrons. The van der Waals surface area contributed by atoms with Crippen LogP contribution in [-0.4, -0.2) is 28.0 Å². The van der Waals surface area contributed by atoms with Crippen LogP contribution in [0.15, 0.2) is 0 Å². The van der Waals surface area contributed by atoms with Crippen molar-refractivity contribution in [1.82, 2.24) is 0 Å². The normalized spacial score (nSPS) is 42.7. The van der Waals surface area contributed by atoms with E-state index in [0.717, 1.165) is 13.2 Å². The van der Waals surface area contributed by atoms with Crippen LogP contribution in [0.2, 0.25) is 6.04 Å². The average molecular weight is 144 g/mol. The van der Waals surface area contributed by atoms with Crippen LogP contribution in [0.4, 0.5) is 0 Å². The predicted molar refractivity (Wildman–Crippen MR) is 36.9 cm³/mol. The summed E-state index contributed by atoms with van der Waals surface area (Å²) in [4.78, 5) is 0. The number of epoxide rings is 1. The lowest BCUT2D eigenvalue weighted by Gasteiger charge is -2.18. The van der Waals surface area contributed by atoms with E-state index in [9.17, 15) is 0 Å². The molecule has 0 spiro atoms. The first-order chi connectivity index (χ1) is 4.47. The van der Waals surface area contributed by atoms with Crippen LogP contribution in [0.5, 0.6) is 0 Å². The Bertz CT molecular complexity index is 97.2. The molecule has 0 saturated carbocycles. The maximum Gasteiger partial charge on any atom is 0.208 e. The van der Waals surface area contributed by atoms with Crippen LogP contribution in [0, 0.1) is 0 Å². The minimum absolute atomic E-state index is 0.602. The third-order valence-electron chi connectivity index (χ3n) is 1.99. The summed E-state index contributed by atoms with van der Waals surface area (Å²) < 4.78 is 10.8. The van der Waals surface area contributed by atoms with Gasteiger partial charge in [0.25, 0.3) is 0 Å². The van der Waals surface area contributed by atoms with Gasteiger partial charge in [-0.05, 0) is 12.5 Å². The summed E-state index contributed by atoms with van der Waals surface area (Å²) in [5.74, 6) is 0. The summed E-state index contributed by atoms with van der Waals surface area (Å²) >= 11 is 0. The Hall–Kier alpha value is 0.137. The van der Waals surface area contributed by atoms with E-state index in [1.165, 1.54) is 18.9 Å². The Labute approximate surface area is 56.9 Å². The molecule has 0 N–H and O–H groups in total. The average Bonchev–Trinajstić information content (AvgIpc) is 2.71. The molecule has 9 heavy (non-hydrogen) atoms. The second kappa shape index (κ2) is 2.40. The van der Waals surface area contributed by atoms with Gasteiger partial charge < -0.3 is 9.16 Å². The topological polar surface area (TPSA) is 21.8 Å². The van der Waals surface area contributed by atoms with E-state index in [0.29, 0.717) is 5.73 Å². The second-order valence-corrected chi connectivity index (χ2v) is 5.51. The SMILES string of the molecule is C1CC[SiH](C2CO2)OC1. The van der Waals surface area contributed by atoms with E-state index in [4.69, 9.17) is 9.16 Å². The van der Waals surface area contributed by atoms with Gasteiger partial charge >= 0.3 is 0 Å². The molecule has 0 aromatic heterocycles. The van der Waals surface area contributed by atoms with Crippen molar-refractivity contribution in [3.63, 3.8) is 0 Å². The molecule has 2 fully saturated rings. The van der Waals surface area contributed by atoms with Gasteiger partial charge in [-0.15, -0.1) is 0 Å². The van der Waals surface area contributed by atoms with Crippen molar-refractivity contribution in [2.75, 3.05) is 13.2 Å². The largest absolute Gasteiger partial charge is 0.417 e. The third kappa shape index (κ3) is 1.34. The Morgan fingerprint density at radius 2 is 2.22 bits per heavy atom. The molecular formula is C6H12O2Si. The molecule has 0 aromatic rings. The van der Waals surface area contributed by atoms with Gasteiger partial charge in [-0.25, -0.2) is 0 Å². The minimum Gasteiger partial charge on any atom is -0.417 e. The standard InChI is InChI=1S/C6H12O2Si/c1-2-4-9(8-3-1)6-5-7-6/h6,9H,1-5H2. The molecule has 0 aliphatic carbocycles. The van der Waals surface area contributed by atoms with E-state index in [1.807, 2.05) is 0 Å². The van der Waals surface area contributed by atoms with Crippen molar-refractivity contribution in [2.24, 2.45) is 0 Å². The summed E-state index contributed by atoms with van der Waals surface area (Å²) in [7, 11) is -0.811. The van der Waals surface area contributed by atoms with E-state index in [2.05, 4.69) is 0 Å². The zero-order valence-corrected chi connectivity index (χ0v) is 6.66. The number of ether oxygens (including phenoxy) is 1. The lowest BCUT2D eigenvalue weighted by Crippen LogP contribution is -2.29. The molecule has 2 aliphatic rings. The molecule has 3 heteroatoms. The Kier molecular flexibility index (Phi) is 1.57. The highest BCUT2D eigenvalue weighted by atomic mass is 28.3. The van der Waals surface area contributed by atoms with Gasteiger partial charge in [0.2, 0.25) is 9.04 Å². The first-order valence-corrected chi connectivity index (χ1v) is 5.65. The number of hydrogen-bond donors (Lipinski definition) is 0. The predicted octanol–water partition coefficient (Wildman–Crippen LogP) is 0.459. The van der Waals surface area contributed by atoms with Crippen molar-refractivity contribution >= 4 is 9.04 Å². The Balaban J connectivity index is 1.80. The highest BCUT2D eigenvalue weighted by Gasteiger charge is 2.36. The molecule has 2 rings (SSSR count). The van der Waals surface area contributed by atoms with Crippen LogP contribution in [0.1, 0.15) is 12.8 Å². The summed E-state index contributed by atoms with van der Waals surface area (Å²) in [5, 5.41) is 0. The quantitative estimate of drug-likeness (QED) is 0.394. The summed E-state index contributed by atoms with van der Waals surface area (Å²) in [6.07, 6.45) is 2.66. The summed E-state index contributed by atoms with van der Waals surface area (Å²) in [5.41, 5.74) is 0.602. The molecular weight excluding hydrogens is 132 g/mol. The molecule has 2 saturated heterocycles. The Morgan fingerprint density at radius 3 is 2.78 bits per heavy atom. The first kappa shape index (κ1) is 5.89. The van der Waals surface area contributed by atoms with Gasteiger partial charge in [-0.3, -0.25) is 0 Å². The first-order valence-electron chi connectivity index (χ1n) is 3.70. The van der Waals surface area contributed by atoms with E-state index in [1.54, 1.807) is 0 Å². The number of rotatable bonds is 1. The molecule has 2 atom stereocenters. The van der Waals surface area contributed by atoms with Crippen LogP contribution >= 0.6 is 0 Å². The highest BCUT2D eigenvalue weighted by molar-refractivity contribution is 6.54. The molecule has 2 aliphatic heterocycles. The van der Waals surface area contributed by atoms with E-state index >= 15 is 0 Å². The molecule has 2 heterocycles. The van der Waals surface area contributed by atoms with Gasteiger partial charge in [-0.2, -0.15) is 0 Å². The van der Waals surface area contributed by atoms with Crippen LogP contribution in [0.25, 0.3) is 0 Å². The fourth-order valence-corrected chi connectivity index (χ4v) is 3.78. The molecule has 0 amide bonds. The summed E-state index contributed by atoms with van der Waals surface area (Å²) in [6, 6.07) is 1.35. The van der Waals surface area contributed by atoms with Gasteiger partial charge in [0.15, 0.2) is 0 Å². The second-order valence-electron chi connectivity index (χ2n) is 2.78. The monoisotopic (exact) mass is 144 g/mol. The fourth-order valence-electron chi connectivity index (χ4n) is 1.33. The van der Waals surface area contributed by atoms with Crippen LogP contribution in [0.3, 0.4) is 0 Å². The van der Waals surface area contributed by atoms with Gasteiger partial charge in [0.05, 0.1) is 12.3 Å². The molecule has 2 nitrogen and oxygen atoms in total. The molecule has 0 radical (unpaired) electrons. The van der Waals surface area contributed by atoms with Crippen LogP contribution in [-0.2, 0) is 9.16 Å². The highest BCUT2D eigenvalue weighted by Crippen LogP contribution is 2.22. The van der Waals surface area contributed by atoms with Crippen molar-refractivity contribution in [1.29, 1.82) is 0 Å². The smallest absolute Gasteiger partial charge is 0.208 e. The zero-order valence-electron chi connectivity index (χ0n) is 5.51. The lowest BCUT2D eigenvalue weighted by molar-refractivity contribution is 0.274. The summed E-state index contributed by atoms with van der Waals surface area (Å²) in [6.45, 7) is 2.01. The van der Waals surface area contributed by atoms with Crippen molar-refractivity contribution in [3.05, 3.63) is 0 Å². The van der Waals surface area contributed by atoms with Gasteiger partial charge in [-0.1, -0.05) is 6.42 Å². The van der Waals surface area contributed by atoms with E-state index in [-0.39, 0.29) is 0 Å². The maximum atomic E-state index is 5.62. The van der Waals surface area contributed by atoms with Crippen molar-refractivity contribution < 1.29 is 9.16 Å². The fraction of sp³-hybridized carbons (Fsp3) is 1.00. The zero-order chi connectivity index (χ0) is 6.10. The number of hydrogen-bond acceptors (Lipinski definition) is 2. The van der Waals surface area contributed by atoms with E-state index < -0.39 is 9.04 Å². The molecule has 0 bridgehead atoms. The lowest BCUT2D eigenvalue weighted by atomic mass is 10.4. The maximum absolute atomic E-state index is 5.62. The molecule has 2 unspecified atom stereocenters. The van der Waals surface area contributed by atoms with Gasteiger partial charge in [0.1, 0.15) is 0 Å².